The van der Waals surface area contributed by atoms with Crippen molar-refractivity contribution in [3.8, 4) is 11.5 Å². The summed E-state index contributed by atoms with van der Waals surface area (Å²) >= 11 is 0. The second kappa shape index (κ2) is 4.83. The third kappa shape index (κ3) is 2.16. The van der Waals surface area contributed by atoms with E-state index in [1.54, 1.807) is 12.1 Å². The quantitative estimate of drug-likeness (QED) is 0.577. The summed E-state index contributed by atoms with van der Waals surface area (Å²) in [6.07, 6.45) is 0.990. The number of hydrogen-bond donors (Lipinski definition) is 2. The highest BCUT2D eigenvalue weighted by Crippen LogP contribution is 2.31. The molecule has 0 aromatic heterocycles. The standard InChI is InChI=1S/C10H14O4/c1-3-7(2)8-4-5-9(13-11)10(6-8)14-12/h4-7,11-12H,3H2,1-2H3. The first-order valence-corrected chi connectivity index (χ1v) is 4.49. The van der Waals surface area contributed by atoms with Crippen molar-refractivity contribution in [3.05, 3.63) is 23.8 Å². The largest absolute Gasteiger partial charge is 0.336 e. The van der Waals surface area contributed by atoms with Crippen molar-refractivity contribution in [3.63, 3.8) is 0 Å². The molecule has 0 aliphatic heterocycles. The van der Waals surface area contributed by atoms with Crippen LogP contribution in [0.2, 0.25) is 0 Å². The molecule has 0 saturated carbocycles. The average molecular weight is 198 g/mol. The maximum absolute atomic E-state index is 8.54. The molecule has 2 N–H and O–H groups in total. The summed E-state index contributed by atoms with van der Waals surface area (Å²) in [6, 6.07) is 5.01. The lowest BCUT2D eigenvalue weighted by Gasteiger charge is -2.10. The summed E-state index contributed by atoms with van der Waals surface area (Å²) in [5, 5.41) is 17.0. The average Bonchev–Trinajstić information content (AvgIpc) is 2.26. The molecule has 14 heavy (non-hydrogen) atoms. The summed E-state index contributed by atoms with van der Waals surface area (Å²) in [4.78, 5) is 8.11. The lowest BCUT2D eigenvalue weighted by atomic mass is 9.98. The molecular weight excluding hydrogens is 184 g/mol. The zero-order chi connectivity index (χ0) is 10.6. The van der Waals surface area contributed by atoms with Crippen LogP contribution >= 0.6 is 0 Å². The third-order valence-corrected chi connectivity index (χ3v) is 2.35. The fraction of sp³-hybridized carbons (Fsp3) is 0.400. The highest BCUT2D eigenvalue weighted by atomic mass is 17.1. The Hall–Kier alpha value is -1.26. The van der Waals surface area contributed by atoms with Crippen molar-refractivity contribution < 1.29 is 20.3 Å². The normalized spacial score (nSPS) is 12.3. The topological polar surface area (TPSA) is 58.9 Å². The number of benzene rings is 1. The summed E-state index contributed by atoms with van der Waals surface area (Å²) in [6.45, 7) is 4.14. The molecule has 0 bridgehead atoms. The van der Waals surface area contributed by atoms with Crippen molar-refractivity contribution in [1.29, 1.82) is 0 Å². The van der Waals surface area contributed by atoms with Crippen LogP contribution in [0.5, 0.6) is 11.5 Å². The van der Waals surface area contributed by atoms with E-state index in [2.05, 4.69) is 23.6 Å². The minimum absolute atomic E-state index is 0.0968. The second-order valence-corrected chi connectivity index (χ2v) is 3.20. The molecule has 4 nitrogen and oxygen atoms in total. The SMILES string of the molecule is CCC(C)c1ccc(OO)c(OO)c1. The summed E-state index contributed by atoms with van der Waals surface area (Å²) in [7, 11) is 0. The molecule has 1 aromatic carbocycles. The molecule has 0 radical (unpaired) electrons. The zero-order valence-corrected chi connectivity index (χ0v) is 8.23. The first-order valence-electron chi connectivity index (χ1n) is 4.49. The predicted octanol–water partition coefficient (Wildman–Crippen LogP) is 2.90. The maximum Gasteiger partial charge on any atom is 0.211 e. The Morgan fingerprint density at radius 1 is 1.21 bits per heavy atom. The van der Waals surface area contributed by atoms with E-state index < -0.39 is 0 Å². The molecular formula is C10H14O4. The van der Waals surface area contributed by atoms with Gasteiger partial charge in [0.25, 0.3) is 0 Å². The van der Waals surface area contributed by atoms with Crippen LogP contribution in [0.15, 0.2) is 18.2 Å². The van der Waals surface area contributed by atoms with Gasteiger partial charge in [-0.25, -0.2) is 10.5 Å². The van der Waals surface area contributed by atoms with Crippen LogP contribution in [0.4, 0.5) is 0 Å². The lowest BCUT2D eigenvalue weighted by molar-refractivity contribution is -0.164. The van der Waals surface area contributed by atoms with Crippen LogP contribution in [0, 0.1) is 0 Å². The molecule has 1 atom stereocenters. The van der Waals surface area contributed by atoms with Gasteiger partial charge in [-0.05, 0) is 30.0 Å². The first-order chi connectivity index (χ1) is 6.72. The van der Waals surface area contributed by atoms with Gasteiger partial charge in [-0.3, -0.25) is 0 Å². The Kier molecular flexibility index (Phi) is 3.73. The van der Waals surface area contributed by atoms with Gasteiger partial charge in [-0.15, -0.1) is 0 Å². The van der Waals surface area contributed by atoms with Crippen molar-refractivity contribution in [1.82, 2.24) is 0 Å². The van der Waals surface area contributed by atoms with Crippen molar-refractivity contribution in [2.75, 3.05) is 0 Å². The molecule has 0 heterocycles. The molecule has 78 valence electrons. The fourth-order valence-corrected chi connectivity index (χ4v) is 1.21. The molecule has 4 heteroatoms. The molecule has 1 aromatic rings. The molecule has 0 saturated heterocycles. The van der Waals surface area contributed by atoms with E-state index in [-0.39, 0.29) is 11.5 Å². The lowest BCUT2D eigenvalue weighted by Crippen LogP contribution is -1.95. The molecule has 0 aliphatic rings. The van der Waals surface area contributed by atoms with E-state index in [1.807, 2.05) is 6.07 Å². The highest BCUT2D eigenvalue weighted by molar-refractivity contribution is 5.43. The van der Waals surface area contributed by atoms with Crippen molar-refractivity contribution in [2.24, 2.45) is 0 Å². The fourth-order valence-electron chi connectivity index (χ4n) is 1.21. The zero-order valence-electron chi connectivity index (χ0n) is 8.23. The van der Waals surface area contributed by atoms with Crippen molar-refractivity contribution >= 4 is 0 Å². The number of hydrogen-bond acceptors (Lipinski definition) is 4. The highest BCUT2D eigenvalue weighted by Gasteiger charge is 2.10. The first kappa shape index (κ1) is 10.8. The summed E-state index contributed by atoms with van der Waals surface area (Å²) in [5.74, 6) is 0.585. The molecule has 0 spiro atoms. The van der Waals surface area contributed by atoms with E-state index >= 15 is 0 Å². The summed E-state index contributed by atoms with van der Waals surface area (Å²) in [5.41, 5.74) is 1.03. The Balaban J connectivity index is 3.01. The molecule has 0 fully saturated rings. The number of rotatable bonds is 4. The van der Waals surface area contributed by atoms with Crippen LogP contribution in [-0.2, 0) is 0 Å². The molecule has 1 rings (SSSR count). The summed E-state index contributed by atoms with van der Waals surface area (Å²) < 4.78 is 0. The van der Waals surface area contributed by atoms with E-state index in [1.165, 1.54) is 0 Å². The smallest absolute Gasteiger partial charge is 0.211 e. The van der Waals surface area contributed by atoms with E-state index in [0.717, 1.165) is 12.0 Å². The van der Waals surface area contributed by atoms with Gasteiger partial charge < -0.3 is 9.78 Å². The van der Waals surface area contributed by atoms with Gasteiger partial charge in [0.2, 0.25) is 11.5 Å². The molecule has 0 amide bonds. The minimum atomic E-state index is 0.0968. The predicted molar refractivity (Wildman–Crippen MR) is 51.7 cm³/mol. The van der Waals surface area contributed by atoms with E-state index in [4.69, 9.17) is 10.5 Å². The Morgan fingerprint density at radius 3 is 2.36 bits per heavy atom. The van der Waals surface area contributed by atoms with Crippen LogP contribution in [0.25, 0.3) is 0 Å². The second-order valence-electron chi connectivity index (χ2n) is 3.20. The Bertz CT molecular complexity index is 298. The van der Waals surface area contributed by atoms with Crippen molar-refractivity contribution in [2.45, 2.75) is 26.2 Å². The monoisotopic (exact) mass is 198 g/mol. The van der Waals surface area contributed by atoms with E-state index in [9.17, 15) is 0 Å². The Labute approximate surface area is 82.6 Å². The van der Waals surface area contributed by atoms with Gasteiger partial charge in [0.15, 0.2) is 0 Å². The van der Waals surface area contributed by atoms with Gasteiger partial charge in [0.1, 0.15) is 0 Å². The van der Waals surface area contributed by atoms with E-state index in [0.29, 0.717) is 5.92 Å². The van der Waals surface area contributed by atoms with Gasteiger partial charge in [0.05, 0.1) is 0 Å². The van der Waals surface area contributed by atoms with Gasteiger partial charge in [-0.2, -0.15) is 0 Å². The molecule has 0 aliphatic carbocycles. The van der Waals surface area contributed by atoms with Crippen LogP contribution < -0.4 is 9.78 Å². The Morgan fingerprint density at radius 2 is 1.86 bits per heavy atom. The van der Waals surface area contributed by atoms with Crippen LogP contribution in [0.1, 0.15) is 31.7 Å². The van der Waals surface area contributed by atoms with Crippen LogP contribution in [-0.4, -0.2) is 10.5 Å². The minimum Gasteiger partial charge on any atom is -0.336 e. The third-order valence-electron chi connectivity index (χ3n) is 2.35. The van der Waals surface area contributed by atoms with Gasteiger partial charge in [0, 0.05) is 0 Å². The van der Waals surface area contributed by atoms with Gasteiger partial charge in [-0.1, -0.05) is 19.9 Å². The van der Waals surface area contributed by atoms with Crippen LogP contribution in [0.3, 0.4) is 0 Å². The molecule has 1 unspecified atom stereocenters. The maximum atomic E-state index is 8.54. The van der Waals surface area contributed by atoms with Gasteiger partial charge >= 0.3 is 0 Å².